The van der Waals surface area contributed by atoms with Gasteiger partial charge in [-0.05, 0) is 12.1 Å². The van der Waals surface area contributed by atoms with Crippen LogP contribution >= 0.6 is 11.6 Å². The lowest BCUT2D eigenvalue weighted by molar-refractivity contribution is 0.0690. The van der Waals surface area contributed by atoms with Crippen molar-refractivity contribution in [2.45, 2.75) is 6.42 Å². The predicted octanol–water partition coefficient (Wildman–Crippen LogP) is 1.13. The van der Waals surface area contributed by atoms with E-state index >= 15 is 0 Å². The Morgan fingerprint density at radius 3 is 2.93 bits per heavy atom. The summed E-state index contributed by atoms with van der Waals surface area (Å²) in [6.07, 6.45) is 0.516. The molecule has 0 fully saturated rings. The number of nitrogens with zero attached hydrogens (tertiary/aromatic N) is 1. The van der Waals surface area contributed by atoms with Gasteiger partial charge in [-0.2, -0.15) is 0 Å². The summed E-state index contributed by atoms with van der Waals surface area (Å²) in [5, 5.41) is 8.97. The summed E-state index contributed by atoms with van der Waals surface area (Å²) in [7, 11) is 0. The van der Waals surface area contributed by atoms with Crippen molar-refractivity contribution in [3.8, 4) is 11.8 Å². The normalized spacial score (nSPS) is 9.20. The minimum Gasteiger partial charge on any atom is -0.476 e. The van der Waals surface area contributed by atoms with E-state index in [9.17, 15) is 4.79 Å². The van der Waals surface area contributed by atoms with E-state index in [1.165, 1.54) is 12.1 Å². The Bertz CT molecular complexity index is 435. The van der Waals surface area contributed by atoms with Crippen molar-refractivity contribution in [3.05, 3.63) is 28.5 Å². The zero-order valence-electron chi connectivity index (χ0n) is 7.83. The molecule has 4 nitrogen and oxygen atoms in total. The van der Waals surface area contributed by atoms with Gasteiger partial charge in [-0.1, -0.05) is 23.4 Å². The number of aromatic nitrogens is 1. The Labute approximate surface area is 92.1 Å². The first-order valence-corrected chi connectivity index (χ1v) is 4.61. The molecule has 1 rings (SSSR count). The van der Waals surface area contributed by atoms with Crippen molar-refractivity contribution in [2.75, 3.05) is 6.54 Å². The molecule has 1 aromatic heterocycles. The standard InChI is InChI=1S/C10H9ClN2O2/c11-8-5-4-7(3-1-2-6-12)9(13-8)10(14)15/h4-5H,2,6,12H2,(H,14,15). The van der Waals surface area contributed by atoms with E-state index in [-0.39, 0.29) is 10.8 Å². The van der Waals surface area contributed by atoms with E-state index in [1.807, 2.05) is 0 Å². The molecule has 0 saturated carbocycles. The maximum absolute atomic E-state index is 10.8. The maximum Gasteiger partial charge on any atom is 0.355 e. The van der Waals surface area contributed by atoms with Crippen molar-refractivity contribution in [1.82, 2.24) is 4.98 Å². The molecule has 0 aliphatic heterocycles. The highest BCUT2D eigenvalue weighted by atomic mass is 35.5. The van der Waals surface area contributed by atoms with Gasteiger partial charge in [0.15, 0.2) is 5.69 Å². The van der Waals surface area contributed by atoms with Crippen LogP contribution in [0.3, 0.4) is 0 Å². The second-order valence-corrected chi connectivity index (χ2v) is 3.06. The quantitative estimate of drug-likeness (QED) is 0.583. The number of hydrogen-bond acceptors (Lipinski definition) is 3. The number of carboxylic acids is 1. The molecule has 0 aliphatic rings. The zero-order valence-corrected chi connectivity index (χ0v) is 8.58. The van der Waals surface area contributed by atoms with E-state index in [2.05, 4.69) is 16.8 Å². The van der Waals surface area contributed by atoms with Crippen LogP contribution in [0.25, 0.3) is 0 Å². The Morgan fingerprint density at radius 1 is 1.60 bits per heavy atom. The molecule has 0 aromatic carbocycles. The smallest absolute Gasteiger partial charge is 0.355 e. The summed E-state index contributed by atoms with van der Waals surface area (Å²) >= 11 is 5.58. The third kappa shape index (κ3) is 3.24. The van der Waals surface area contributed by atoms with E-state index in [0.717, 1.165) is 0 Å². The fraction of sp³-hybridized carbons (Fsp3) is 0.200. The lowest BCUT2D eigenvalue weighted by Gasteiger charge is -1.98. The Balaban J connectivity index is 3.08. The van der Waals surface area contributed by atoms with Gasteiger partial charge in [-0.15, -0.1) is 0 Å². The van der Waals surface area contributed by atoms with Gasteiger partial charge in [0.1, 0.15) is 5.15 Å². The Morgan fingerprint density at radius 2 is 2.33 bits per heavy atom. The van der Waals surface area contributed by atoms with Crippen LogP contribution in [0.15, 0.2) is 12.1 Å². The molecule has 3 N–H and O–H groups in total. The molecule has 0 bridgehead atoms. The van der Waals surface area contributed by atoms with Gasteiger partial charge in [-0.25, -0.2) is 9.78 Å². The van der Waals surface area contributed by atoms with Gasteiger partial charge in [0.2, 0.25) is 0 Å². The minimum absolute atomic E-state index is 0.132. The zero-order chi connectivity index (χ0) is 11.3. The number of carboxylic acid groups (broad SMARTS) is 1. The molecule has 0 radical (unpaired) electrons. The second-order valence-electron chi connectivity index (χ2n) is 2.68. The molecule has 1 heterocycles. The SMILES string of the molecule is NCCC#Cc1ccc(Cl)nc1C(=O)O. The number of halogens is 1. The number of carbonyl (C=O) groups is 1. The van der Waals surface area contributed by atoms with Crippen LogP contribution in [-0.2, 0) is 0 Å². The summed E-state index contributed by atoms with van der Waals surface area (Å²) in [4.78, 5) is 14.5. The van der Waals surface area contributed by atoms with Crippen molar-refractivity contribution in [2.24, 2.45) is 5.73 Å². The first kappa shape index (κ1) is 11.5. The van der Waals surface area contributed by atoms with Gasteiger partial charge >= 0.3 is 5.97 Å². The summed E-state index contributed by atoms with van der Waals surface area (Å²) in [6, 6.07) is 3.03. The maximum atomic E-state index is 10.8. The highest BCUT2D eigenvalue weighted by molar-refractivity contribution is 6.29. The first-order valence-electron chi connectivity index (χ1n) is 4.24. The van der Waals surface area contributed by atoms with E-state index in [4.69, 9.17) is 22.4 Å². The van der Waals surface area contributed by atoms with Gasteiger partial charge in [-0.3, -0.25) is 0 Å². The first-order chi connectivity index (χ1) is 7.15. The van der Waals surface area contributed by atoms with Crippen LogP contribution < -0.4 is 5.73 Å². The average Bonchev–Trinajstić information content (AvgIpc) is 2.20. The minimum atomic E-state index is -1.14. The largest absolute Gasteiger partial charge is 0.476 e. The van der Waals surface area contributed by atoms with Crippen LogP contribution in [0, 0.1) is 11.8 Å². The molecule has 0 aliphatic carbocycles. The molecule has 5 heteroatoms. The van der Waals surface area contributed by atoms with Gasteiger partial charge in [0, 0.05) is 13.0 Å². The summed E-state index contributed by atoms with van der Waals surface area (Å²) in [6.45, 7) is 0.441. The number of pyridine rings is 1. The summed E-state index contributed by atoms with van der Waals surface area (Å²) in [5.74, 6) is 4.29. The number of rotatable bonds is 2. The molecule has 78 valence electrons. The molecular formula is C10H9ClN2O2. The average molecular weight is 225 g/mol. The lowest BCUT2D eigenvalue weighted by Crippen LogP contribution is -2.04. The predicted molar refractivity (Wildman–Crippen MR) is 56.8 cm³/mol. The van der Waals surface area contributed by atoms with E-state index < -0.39 is 5.97 Å². The van der Waals surface area contributed by atoms with Crippen molar-refractivity contribution < 1.29 is 9.90 Å². The molecule has 0 saturated heterocycles. The number of hydrogen-bond donors (Lipinski definition) is 2. The molecule has 15 heavy (non-hydrogen) atoms. The van der Waals surface area contributed by atoms with E-state index in [0.29, 0.717) is 18.5 Å². The molecule has 0 unspecified atom stereocenters. The fourth-order valence-electron chi connectivity index (χ4n) is 0.929. The number of aromatic carboxylic acids is 1. The monoisotopic (exact) mass is 224 g/mol. The highest BCUT2D eigenvalue weighted by Crippen LogP contribution is 2.10. The molecule has 0 atom stereocenters. The summed E-state index contributed by atoms with van der Waals surface area (Å²) < 4.78 is 0. The Kier molecular flexibility index (Phi) is 4.10. The highest BCUT2D eigenvalue weighted by Gasteiger charge is 2.10. The van der Waals surface area contributed by atoms with Crippen molar-refractivity contribution in [1.29, 1.82) is 0 Å². The fourth-order valence-corrected chi connectivity index (χ4v) is 1.08. The van der Waals surface area contributed by atoms with Crippen molar-refractivity contribution in [3.63, 3.8) is 0 Å². The van der Waals surface area contributed by atoms with Gasteiger partial charge in [0.25, 0.3) is 0 Å². The molecule has 0 spiro atoms. The van der Waals surface area contributed by atoms with Crippen LogP contribution in [0.2, 0.25) is 5.15 Å². The van der Waals surface area contributed by atoms with Crippen LogP contribution in [0.4, 0.5) is 0 Å². The molecule has 0 amide bonds. The topological polar surface area (TPSA) is 76.2 Å². The number of nitrogens with two attached hydrogens (primary N) is 1. The third-order valence-corrected chi connectivity index (χ3v) is 1.77. The Hall–Kier alpha value is -1.57. The van der Waals surface area contributed by atoms with Crippen LogP contribution in [0.1, 0.15) is 22.5 Å². The third-order valence-electron chi connectivity index (χ3n) is 1.56. The van der Waals surface area contributed by atoms with Crippen molar-refractivity contribution >= 4 is 17.6 Å². The summed E-state index contributed by atoms with van der Waals surface area (Å²) in [5.41, 5.74) is 5.47. The van der Waals surface area contributed by atoms with E-state index in [1.54, 1.807) is 0 Å². The van der Waals surface area contributed by atoms with Gasteiger partial charge < -0.3 is 10.8 Å². The van der Waals surface area contributed by atoms with Crippen LogP contribution in [-0.4, -0.2) is 22.6 Å². The molecular weight excluding hydrogens is 216 g/mol. The van der Waals surface area contributed by atoms with Crippen LogP contribution in [0.5, 0.6) is 0 Å². The molecule has 1 aromatic rings. The van der Waals surface area contributed by atoms with Gasteiger partial charge in [0.05, 0.1) is 5.56 Å². The lowest BCUT2D eigenvalue weighted by atomic mass is 10.2. The second kappa shape index (κ2) is 5.35.